The SMILES string of the molecule is Cc1cccc(N(CC(=O)N(Cc2ccc(F)cc2)[C@H](Cc2ccccc2)C(=O)NCC(C)C)S(=O)(=O)c2ccc(Cl)cc2)c1. The van der Waals surface area contributed by atoms with E-state index in [0.717, 1.165) is 15.4 Å². The highest BCUT2D eigenvalue weighted by molar-refractivity contribution is 7.92. The molecule has 2 amide bonds. The lowest BCUT2D eigenvalue weighted by molar-refractivity contribution is -0.140. The molecule has 0 fully saturated rings. The number of hydrogen-bond acceptors (Lipinski definition) is 4. The summed E-state index contributed by atoms with van der Waals surface area (Å²) in [4.78, 5) is 29.6. The molecule has 4 rings (SSSR count). The fourth-order valence-corrected chi connectivity index (χ4v) is 6.34. The van der Waals surface area contributed by atoms with E-state index in [1.54, 1.807) is 30.3 Å². The van der Waals surface area contributed by atoms with Gasteiger partial charge in [0.2, 0.25) is 11.8 Å². The first-order chi connectivity index (χ1) is 21.4. The van der Waals surface area contributed by atoms with Crippen LogP contribution in [0.3, 0.4) is 0 Å². The Bertz CT molecular complexity index is 1700. The molecule has 0 radical (unpaired) electrons. The molecule has 4 aromatic carbocycles. The van der Waals surface area contributed by atoms with E-state index in [1.165, 1.54) is 41.3 Å². The smallest absolute Gasteiger partial charge is 0.264 e. The van der Waals surface area contributed by atoms with Crippen molar-refractivity contribution in [2.24, 2.45) is 5.92 Å². The number of anilines is 1. The molecule has 4 aromatic rings. The Morgan fingerprint density at radius 1 is 0.867 bits per heavy atom. The molecule has 236 valence electrons. The maximum Gasteiger partial charge on any atom is 0.264 e. The van der Waals surface area contributed by atoms with Crippen molar-refractivity contribution in [1.82, 2.24) is 10.2 Å². The van der Waals surface area contributed by atoms with Crippen molar-refractivity contribution < 1.29 is 22.4 Å². The van der Waals surface area contributed by atoms with Crippen LogP contribution in [0.25, 0.3) is 0 Å². The van der Waals surface area contributed by atoms with Crippen LogP contribution in [0, 0.1) is 18.7 Å². The second kappa shape index (κ2) is 15.2. The number of halogens is 2. The van der Waals surface area contributed by atoms with Gasteiger partial charge in [-0.15, -0.1) is 0 Å². The molecule has 0 aliphatic carbocycles. The molecule has 0 saturated heterocycles. The number of rotatable bonds is 13. The van der Waals surface area contributed by atoms with E-state index in [4.69, 9.17) is 11.6 Å². The summed E-state index contributed by atoms with van der Waals surface area (Å²) in [5.74, 6) is -1.24. The number of nitrogens with one attached hydrogen (secondary N) is 1. The number of nitrogens with zero attached hydrogens (tertiary/aromatic N) is 2. The number of amides is 2. The lowest BCUT2D eigenvalue weighted by atomic mass is 10.0. The lowest BCUT2D eigenvalue weighted by Gasteiger charge is -2.34. The molecular formula is C35H37ClFN3O4S. The zero-order chi connectivity index (χ0) is 32.6. The first kappa shape index (κ1) is 33.7. The third kappa shape index (κ3) is 9.15. The number of aryl methyl sites for hydroxylation is 1. The molecule has 0 aliphatic rings. The number of benzene rings is 4. The van der Waals surface area contributed by atoms with E-state index in [1.807, 2.05) is 57.2 Å². The molecule has 45 heavy (non-hydrogen) atoms. The van der Waals surface area contributed by atoms with Crippen molar-refractivity contribution in [2.45, 2.75) is 44.7 Å². The van der Waals surface area contributed by atoms with Gasteiger partial charge in [0.1, 0.15) is 18.4 Å². The fraction of sp³-hybridized carbons (Fsp3) is 0.257. The van der Waals surface area contributed by atoms with E-state index in [-0.39, 0.29) is 29.7 Å². The first-order valence-corrected chi connectivity index (χ1v) is 16.5. The lowest BCUT2D eigenvalue weighted by Crippen LogP contribution is -2.53. The van der Waals surface area contributed by atoms with E-state index in [0.29, 0.717) is 22.8 Å². The summed E-state index contributed by atoms with van der Waals surface area (Å²) in [5.41, 5.74) is 2.50. The Kier molecular flexibility index (Phi) is 11.4. The average molecular weight is 650 g/mol. The molecule has 0 unspecified atom stereocenters. The van der Waals surface area contributed by atoms with E-state index in [2.05, 4.69) is 5.32 Å². The van der Waals surface area contributed by atoms with Crippen LogP contribution >= 0.6 is 11.6 Å². The molecule has 0 saturated carbocycles. The van der Waals surface area contributed by atoms with Crippen LogP contribution in [0.4, 0.5) is 10.1 Å². The maximum atomic E-state index is 14.4. The minimum atomic E-state index is -4.24. The highest BCUT2D eigenvalue weighted by Gasteiger charge is 2.34. The fourth-order valence-electron chi connectivity index (χ4n) is 4.81. The minimum Gasteiger partial charge on any atom is -0.354 e. The van der Waals surface area contributed by atoms with Gasteiger partial charge in [0, 0.05) is 24.5 Å². The molecule has 0 heterocycles. The van der Waals surface area contributed by atoms with Gasteiger partial charge >= 0.3 is 0 Å². The van der Waals surface area contributed by atoms with Crippen LogP contribution in [0.2, 0.25) is 5.02 Å². The van der Waals surface area contributed by atoms with Gasteiger partial charge in [-0.2, -0.15) is 0 Å². The summed E-state index contributed by atoms with van der Waals surface area (Å²) in [6.45, 7) is 5.52. The van der Waals surface area contributed by atoms with Gasteiger partial charge in [-0.3, -0.25) is 13.9 Å². The predicted octanol–water partition coefficient (Wildman–Crippen LogP) is 6.40. The van der Waals surface area contributed by atoms with Crippen LogP contribution in [-0.4, -0.2) is 44.3 Å². The predicted molar refractivity (Wildman–Crippen MR) is 176 cm³/mol. The molecule has 7 nitrogen and oxygen atoms in total. The first-order valence-electron chi connectivity index (χ1n) is 14.6. The van der Waals surface area contributed by atoms with Crippen molar-refractivity contribution in [2.75, 3.05) is 17.4 Å². The van der Waals surface area contributed by atoms with Crippen molar-refractivity contribution in [3.05, 3.63) is 131 Å². The minimum absolute atomic E-state index is 0.0400. The normalized spacial score (nSPS) is 12.0. The van der Waals surface area contributed by atoms with Crippen LogP contribution in [0.1, 0.15) is 30.5 Å². The van der Waals surface area contributed by atoms with Crippen LogP contribution in [0.15, 0.2) is 108 Å². The monoisotopic (exact) mass is 649 g/mol. The van der Waals surface area contributed by atoms with E-state index in [9.17, 15) is 22.4 Å². The highest BCUT2D eigenvalue weighted by atomic mass is 35.5. The second-order valence-corrected chi connectivity index (χ2v) is 13.6. The Hall–Kier alpha value is -4.21. The van der Waals surface area contributed by atoms with Gasteiger partial charge < -0.3 is 10.2 Å². The maximum absolute atomic E-state index is 14.4. The van der Waals surface area contributed by atoms with Gasteiger partial charge in [0.05, 0.1) is 10.6 Å². The molecule has 1 N–H and O–H groups in total. The molecule has 0 aliphatic heterocycles. The summed E-state index contributed by atoms with van der Waals surface area (Å²) in [7, 11) is -4.24. The summed E-state index contributed by atoms with van der Waals surface area (Å²) >= 11 is 6.04. The Morgan fingerprint density at radius 3 is 2.16 bits per heavy atom. The van der Waals surface area contributed by atoms with Gasteiger partial charge in [0.25, 0.3) is 10.0 Å². The van der Waals surface area contributed by atoms with E-state index >= 15 is 0 Å². The molecule has 0 spiro atoms. The summed E-state index contributed by atoms with van der Waals surface area (Å²) < 4.78 is 43.0. The zero-order valence-electron chi connectivity index (χ0n) is 25.5. The van der Waals surface area contributed by atoms with E-state index < -0.39 is 34.3 Å². The van der Waals surface area contributed by atoms with Crippen molar-refractivity contribution in [3.8, 4) is 0 Å². The Morgan fingerprint density at radius 2 is 1.53 bits per heavy atom. The zero-order valence-corrected chi connectivity index (χ0v) is 27.1. The molecule has 0 aromatic heterocycles. The molecular weight excluding hydrogens is 613 g/mol. The molecule has 1 atom stereocenters. The number of carbonyl (C=O) groups is 2. The third-order valence-electron chi connectivity index (χ3n) is 7.19. The quantitative estimate of drug-likeness (QED) is 0.182. The molecule has 10 heteroatoms. The summed E-state index contributed by atoms with van der Waals surface area (Å²) in [6, 6.07) is 26.5. The van der Waals surface area contributed by atoms with Crippen molar-refractivity contribution in [3.63, 3.8) is 0 Å². The Balaban J connectivity index is 1.79. The van der Waals surface area contributed by atoms with Gasteiger partial charge in [-0.05, 0) is 78.1 Å². The van der Waals surface area contributed by atoms with Crippen LogP contribution in [0.5, 0.6) is 0 Å². The van der Waals surface area contributed by atoms with Crippen LogP contribution in [-0.2, 0) is 32.6 Å². The second-order valence-electron chi connectivity index (χ2n) is 11.3. The van der Waals surface area contributed by atoms with Crippen molar-refractivity contribution in [1.29, 1.82) is 0 Å². The average Bonchev–Trinajstić information content (AvgIpc) is 3.01. The third-order valence-corrected chi connectivity index (χ3v) is 9.23. The topological polar surface area (TPSA) is 86.8 Å². The standard InChI is InChI=1S/C35H37ClFN3O4S/c1-25(2)22-38-35(42)33(21-27-9-5-4-6-10-27)39(23-28-12-16-30(37)17-13-28)34(41)24-40(31-11-7-8-26(3)20-31)45(43,44)32-18-14-29(36)15-19-32/h4-20,25,33H,21-24H2,1-3H3,(H,38,42)/t33-/m1/s1. The number of carbonyl (C=O) groups excluding carboxylic acids is 2. The summed E-state index contributed by atoms with van der Waals surface area (Å²) in [5, 5.41) is 3.32. The number of hydrogen-bond donors (Lipinski definition) is 1. The molecule has 0 bridgehead atoms. The summed E-state index contributed by atoms with van der Waals surface area (Å²) in [6.07, 6.45) is 0.187. The van der Waals surface area contributed by atoms with Crippen LogP contribution < -0.4 is 9.62 Å². The largest absolute Gasteiger partial charge is 0.354 e. The van der Waals surface area contributed by atoms with Gasteiger partial charge in [0.15, 0.2) is 0 Å². The highest BCUT2D eigenvalue weighted by Crippen LogP contribution is 2.27. The van der Waals surface area contributed by atoms with Crippen molar-refractivity contribution >= 4 is 39.1 Å². The number of sulfonamides is 1. The van der Waals surface area contributed by atoms with Gasteiger partial charge in [-0.25, -0.2) is 12.8 Å². The Labute approximate surface area is 269 Å². The van der Waals surface area contributed by atoms with Gasteiger partial charge in [-0.1, -0.05) is 80.0 Å².